The number of halogens is 1. The van der Waals surface area contributed by atoms with E-state index < -0.39 is 0 Å². The smallest absolute Gasteiger partial charge is 0.228 e. The highest BCUT2D eigenvalue weighted by atomic mass is 35.5. The van der Waals surface area contributed by atoms with Crippen LogP contribution in [0.15, 0.2) is 30.3 Å². The van der Waals surface area contributed by atoms with Crippen molar-refractivity contribution in [2.45, 2.75) is 13.5 Å². The zero-order valence-electron chi connectivity index (χ0n) is 16.0. The van der Waals surface area contributed by atoms with Gasteiger partial charge in [0.15, 0.2) is 0 Å². The van der Waals surface area contributed by atoms with E-state index in [4.69, 9.17) is 16.6 Å². The van der Waals surface area contributed by atoms with E-state index in [1.807, 2.05) is 31.1 Å². The Morgan fingerprint density at radius 2 is 1.78 bits per heavy atom. The minimum absolute atomic E-state index is 0.739. The Bertz CT molecular complexity index is 926. The molecule has 142 valence electrons. The summed E-state index contributed by atoms with van der Waals surface area (Å²) >= 11 is 5.99. The van der Waals surface area contributed by atoms with Crippen LogP contribution in [0.3, 0.4) is 0 Å². The lowest BCUT2D eigenvalue weighted by molar-refractivity contribution is 0.249. The van der Waals surface area contributed by atoms with Crippen LogP contribution < -0.4 is 9.80 Å². The van der Waals surface area contributed by atoms with E-state index in [1.165, 1.54) is 5.56 Å². The third kappa shape index (κ3) is 3.87. The van der Waals surface area contributed by atoms with E-state index >= 15 is 0 Å². The number of rotatable bonds is 4. The Morgan fingerprint density at radius 1 is 1.07 bits per heavy atom. The topological polar surface area (TPSA) is 51.3 Å². The Morgan fingerprint density at radius 3 is 2.44 bits per heavy atom. The lowest BCUT2D eigenvalue weighted by atomic mass is 10.2. The zero-order valence-corrected chi connectivity index (χ0v) is 16.8. The number of aromatic amines is 1. The lowest BCUT2D eigenvalue weighted by Crippen LogP contribution is -2.46. The van der Waals surface area contributed by atoms with Gasteiger partial charge in [-0.05, 0) is 30.7 Å². The van der Waals surface area contributed by atoms with Gasteiger partial charge in [0, 0.05) is 57.5 Å². The molecule has 0 unspecified atom stereocenters. The average Bonchev–Trinajstić information content (AvgIpc) is 3.03. The van der Waals surface area contributed by atoms with Crippen LogP contribution in [-0.2, 0) is 6.54 Å². The summed E-state index contributed by atoms with van der Waals surface area (Å²) < 4.78 is 0. The number of anilines is 2. The second-order valence-electron chi connectivity index (χ2n) is 7.35. The fraction of sp³-hybridized carbons (Fsp3) is 0.400. The van der Waals surface area contributed by atoms with Crippen LogP contribution in [-0.4, -0.2) is 60.1 Å². The Hall–Kier alpha value is -2.31. The molecule has 0 amide bonds. The standard InChI is InChI=1S/C20H25ClN6/c1-14-12-17-18(22-14)23-20(25(2)3)24-19(17)27-10-8-26(9-11-27)13-15-4-6-16(21)7-5-15/h4-7,12H,8-11,13H2,1-3H3,(H,22,23,24). The predicted octanol–water partition coefficient (Wildman–Crippen LogP) is 3.31. The average molecular weight is 385 g/mol. The second kappa shape index (κ2) is 7.37. The van der Waals surface area contributed by atoms with Gasteiger partial charge in [0.05, 0.1) is 5.39 Å². The number of benzene rings is 1. The van der Waals surface area contributed by atoms with Crippen molar-refractivity contribution in [2.24, 2.45) is 0 Å². The van der Waals surface area contributed by atoms with Gasteiger partial charge in [-0.2, -0.15) is 9.97 Å². The lowest BCUT2D eigenvalue weighted by Gasteiger charge is -2.35. The molecule has 1 saturated heterocycles. The third-order valence-corrected chi connectivity index (χ3v) is 5.23. The SMILES string of the molecule is Cc1cc2c(N3CCN(Cc4ccc(Cl)cc4)CC3)nc(N(C)C)nc2[nH]1. The van der Waals surface area contributed by atoms with E-state index in [0.29, 0.717) is 0 Å². The monoisotopic (exact) mass is 384 g/mol. The normalized spacial score (nSPS) is 15.5. The molecule has 27 heavy (non-hydrogen) atoms. The highest BCUT2D eigenvalue weighted by Gasteiger charge is 2.22. The first kappa shape index (κ1) is 18.1. The third-order valence-electron chi connectivity index (χ3n) is 4.98. The van der Waals surface area contributed by atoms with Gasteiger partial charge in [-0.3, -0.25) is 4.90 Å². The summed E-state index contributed by atoms with van der Waals surface area (Å²) in [4.78, 5) is 19.6. The van der Waals surface area contributed by atoms with Crippen molar-refractivity contribution in [2.75, 3.05) is 50.1 Å². The summed E-state index contributed by atoms with van der Waals surface area (Å²) in [6.07, 6.45) is 0. The Balaban J connectivity index is 1.51. The molecule has 6 nitrogen and oxygen atoms in total. The van der Waals surface area contributed by atoms with Gasteiger partial charge in [0.1, 0.15) is 11.5 Å². The summed E-state index contributed by atoms with van der Waals surface area (Å²) in [6, 6.07) is 10.3. The molecule has 0 atom stereocenters. The second-order valence-corrected chi connectivity index (χ2v) is 7.78. The number of fused-ring (bicyclic) bond motifs is 1. The summed E-state index contributed by atoms with van der Waals surface area (Å²) in [5, 5.41) is 1.89. The first-order valence-electron chi connectivity index (χ1n) is 9.26. The molecule has 1 aromatic carbocycles. The Labute approximate surface area is 164 Å². The summed E-state index contributed by atoms with van der Waals surface area (Å²) in [5.41, 5.74) is 3.32. The van der Waals surface area contributed by atoms with E-state index in [9.17, 15) is 0 Å². The molecular formula is C20H25ClN6. The van der Waals surface area contributed by atoms with Gasteiger partial charge in [-0.25, -0.2) is 0 Å². The molecule has 3 aromatic rings. The van der Waals surface area contributed by atoms with Crippen LogP contribution >= 0.6 is 11.6 Å². The number of nitrogens with zero attached hydrogens (tertiary/aromatic N) is 5. The molecule has 0 bridgehead atoms. The van der Waals surface area contributed by atoms with Crippen molar-refractivity contribution in [1.29, 1.82) is 0 Å². The van der Waals surface area contributed by atoms with Crippen LogP contribution in [0.4, 0.5) is 11.8 Å². The number of H-pyrrole nitrogens is 1. The molecule has 3 heterocycles. The van der Waals surface area contributed by atoms with Gasteiger partial charge in [-0.1, -0.05) is 23.7 Å². The molecule has 0 radical (unpaired) electrons. The molecule has 4 rings (SSSR count). The number of aromatic nitrogens is 3. The van der Waals surface area contributed by atoms with E-state index in [1.54, 1.807) is 0 Å². The summed E-state index contributed by atoms with van der Waals surface area (Å²) in [5.74, 6) is 1.77. The van der Waals surface area contributed by atoms with Crippen LogP contribution in [0.2, 0.25) is 5.02 Å². The van der Waals surface area contributed by atoms with Crippen molar-refractivity contribution in [3.63, 3.8) is 0 Å². The maximum atomic E-state index is 5.99. The first-order valence-corrected chi connectivity index (χ1v) is 9.64. The molecule has 1 aliphatic heterocycles. The zero-order chi connectivity index (χ0) is 19.0. The molecule has 1 N–H and O–H groups in total. The van der Waals surface area contributed by atoms with E-state index in [2.05, 4.69) is 44.9 Å². The molecule has 0 saturated carbocycles. The highest BCUT2D eigenvalue weighted by molar-refractivity contribution is 6.30. The summed E-state index contributed by atoms with van der Waals surface area (Å²) in [7, 11) is 3.95. The van der Waals surface area contributed by atoms with E-state index in [-0.39, 0.29) is 0 Å². The predicted molar refractivity (Wildman–Crippen MR) is 112 cm³/mol. The summed E-state index contributed by atoms with van der Waals surface area (Å²) in [6.45, 7) is 6.94. The van der Waals surface area contributed by atoms with Crippen LogP contribution in [0, 0.1) is 6.92 Å². The van der Waals surface area contributed by atoms with Crippen molar-refractivity contribution >= 4 is 34.4 Å². The van der Waals surface area contributed by atoms with E-state index in [0.717, 1.165) is 66.2 Å². The van der Waals surface area contributed by atoms with Gasteiger partial charge < -0.3 is 14.8 Å². The fourth-order valence-corrected chi connectivity index (χ4v) is 3.65. The van der Waals surface area contributed by atoms with Crippen LogP contribution in [0.5, 0.6) is 0 Å². The van der Waals surface area contributed by atoms with Gasteiger partial charge >= 0.3 is 0 Å². The van der Waals surface area contributed by atoms with Crippen molar-refractivity contribution < 1.29 is 0 Å². The quantitative estimate of drug-likeness (QED) is 0.747. The molecular weight excluding hydrogens is 360 g/mol. The highest BCUT2D eigenvalue weighted by Crippen LogP contribution is 2.28. The van der Waals surface area contributed by atoms with Crippen LogP contribution in [0.1, 0.15) is 11.3 Å². The molecule has 0 aliphatic carbocycles. The van der Waals surface area contributed by atoms with Crippen molar-refractivity contribution in [3.05, 3.63) is 46.6 Å². The first-order chi connectivity index (χ1) is 13.0. The molecule has 7 heteroatoms. The Kier molecular flexibility index (Phi) is 4.93. The molecule has 1 aliphatic rings. The maximum absolute atomic E-state index is 5.99. The number of piperazine rings is 1. The molecule has 2 aromatic heterocycles. The molecule has 1 fully saturated rings. The number of hydrogen-bond donors (Lipinski definition) is 1. The fourth-order valence-electron chi connectivity index (χ4n) is 3.52. The number of aryl methyl sites for hydroxylation is 1. The largest absolute Gasteiger partial charge is 0.353 e. The van der Waals surface area contributed by atoms with Gasteiger partial charge in [-0.15, -0.1) is 0 Å². The van der Waals surface area contributed by atoms with Gasteiger partial charge in [0.25, 0.3) is 0 Å². The maximum Gasteiger partial charge on any atom is 0.228 e. The minimum atomic E-state index is 0.739. The van der Waals surface area contributed by atoms with Crippen molar-refractivity contribution in [1.82, 2.24) is 19.9 Å². The number of hydrogen-bond acceptors (Lipinski definition) is 5. The molecule has 0 spiro atoms. The van der Waals surface area contributed by atoms with Crippen molar-refractivity contribution in [3.8, 4) is 0 Å². The van der Waals surface area contributed by atoms with Gasteiger partial charge in [0.2, 0.25) is 5.95 Å². The minimum Gasteiger partial charge on any atom is -0.353 e. The number of nitrogens with one attached hydrogen (secondary N) is 1. The van der Waals surface area contributed by atoms with Crippen LogP contribution in [0.25, 0.3) is 11.0 Å².